The number of nitrogens with one attached hydrogen (secondary N) is 1. The molecule has 0 saturated heterocycles. The van der Waals surface area contributed by atoms with Crippen molar-refractivity contribution >= 4 is 44.3 Å². The van der Waals surface area contributed by atoms with Gasteiger partial charge in [-0.3, -0.25) is 4.55 Å². The second-order valence-electron chi connectivity index (χ2n) is 5.63. The molecule has 0 aromatic heterocycles. The molecule has 0 fully saturated rings. The van der Waals surface area contributed by atoms with Crippen LogP contribution in [0, 0.1) is 6.92 Å². The molecule has 0 atom stereocenters. The Morgan fingerprint density at radius 3 is 2.67 bits per heavy atom. The molecule has 0 aliphatic heterocycles. The normalized spacial score (nSPS) is 11.6. The molecule has 142 valence electrons. The SMILES string of the molecule is Cc1c(O)ccc2cccc(SOONc3ccc(N)c(S(=O)(=O)O)c3)c12. The van der Waals surface area contributed by atoms with Crippen molar-refractivity contribution in [2.24, 2.45) is 0 Å². The highest BCUT2D eigenvalue weighted by Gasteiger charge is 2.15. The van der Waals surface area contributed by atoms with Gasteiger partial charge in [-0.15, -0.1) is 9.32 Å². The van der Waals surface area contributed by atoms with Crippen molar-refractivity contribution in [1.29, 1.82) is 0 Å². The number of anilines is 2. The fourth-order valence-corrected chi connectivity index (χ4v) is 3.79. The third kappa shape index (κ3) is 4.26. The molecule has 0 aliphatic carbocycles. The van der Waals surface area contributed by atoms with Crippen LogP contribution in [0.5, 0.6) is 5.75 Å². The van der Waals surface area contributed by atoms with Crippen molar-refractivity contribution in [1.82, 2.24) is 0 Å². The van der Waals surface area contributed by atoms with E-state index in [4.69, 9.17) is 19.6 Å². The van der Waals surface area contributed by atoms with Crippen LogP contribution in [0.4, 0.5) is 11.4 Å². The van der Waals surface area contributed by atoms with E-state index in [9.17, 15) is 13.5 Å². The predicted octanol–water partition coefficient (Wildman–Crippen LogP) is 3.67. The average molecular weight is 408 g/mol. The smallest absolute Gasteiger partial charge is 0.296 e. The van der Waals surface area contributed by atoms with Gasteiger partial charge >= 0.3 is 0 Å². The highest BCUT2D eigenvalue weighted by Crippen LogP contribution is 2.34. The van der Waals surface area contributed by atoms with Gasteiger partial charge in [-0.25, -0.2) is 5.48 Å². The zero-order valence-corrected chi connectivity index (χ0v) is 15.7. The molecule has 0 unspecified atom stereocenters. The lowest BCUT2D eigenvalue weighted by Crippen LogP contribution is -2.05. The van der Waals surface area contributed by atoms with Crippen molar-refractivity contribution in [3.63, 3.8) is 0 Å². The number of nitrogen functional groups attached to an aromatic ring is 1. The van der Waals surface area contributed by atoms with E-state index in [0.29, 0.717) is 5.56 Å². The molecule has 0 aliphatic rings. The maximum absolute atomic E-state index is 11.3. The van der Waals surface area contributed by atoms with E-state index in [-0.39, 0.29) is 17.1 Å². The highest BCUT2D eigenvalue weighted by atomic mass is 32.2. The van der Waals surface area contributed by atoms with Crippen LogP contribution in [-0.4, -0.2) is 18.1 Å². The van der Waals surface area contributed by atoms with Crippen LogP contribution < -0.4 is 11.2 Å². The number of phenolic OH excluding ortho intramolecular Hbond substituents is 1. The number of aryl methyl sites for hydroxylation is 1. The van der Waals surface area contributed by atoms with Gasteiger partial charge in [-0.1, -0.05) is 18.2 Å². The van der Waals surface area contributed by atoms with Gasteiger partial charge in [0, 0.05) is 10.3 Å². The number of aromatic hydroxyl groups is 1. The fourth-order valence-electron chi connectivity index (χ4n) is 2.52. The Hall–Kier alpha value is -2.50. The number of fused-ring (bicyclic) bond motifs is 1. The van der Waals surface area contributed by atoms with Crippen molar-refractivity contribution in [3.8, 4) is 5.75 Å². The molecule has 3 aromatic rings. The van der Waals surface area contributed by atoms with Crippen molar-refractivity contribution in [2.45, 2.75) is 16.7 Å². The molecule has 0 spiro atoms. The largest absolute Gasteiger partial charge is 0.508 e. The molecule has 0 heterocycles. The summed E-state index contributed by atoms with van der Waals surface area (Å²) in [7, 11) is -4.45. The Morgan fingerprint density at radius 2 is 1.93 bits per heavy atom. The molecular weight excluding hydrogens is 392 g/mol. The summed E-state index contributed by atoms with van der Waals surface area (Å²) in [4.78, 5) is 5.16. The molecule has 0 radical (unpaired) electrons. The molecule has 0 amide bonds. The van der Waals surface area contributed by atoms with Gasteiger partial charge in [-0.2, -0.15) is 8.42 Å². The first-order chi connectivity index (χ1) is 12.8. The minimum absolute atomic E-state index is 0.0932. The van der Waals surface area contributed by atoms with E-state index in [1.54, 1.807) is 19.1 Å². The molecule has 0 saturated carbocycles. The zero-order valence-electron chi connectivity index (χ0n) is 14.0. The van der Waals surface area contributed by atoms with Crippen molar-refractivity contribution in [2.75, 3.05) is 11.2 Å². The topological polar surface area (TPSA) is 131 Å². The summed E-state index contributed by atoms with van der Waals surface area (Å²) in [5, 5.41) is 11.7. The quantitative estimate of drug-likeness (QED) is 0.120. The lowest BCUT2D eigenvalue weighted by molar-refractivity contribution is -0.161. The van der Waals surface area contributed by atoms with Crippen molar-refractivity contribution < 1.29 is 27.4 Å². The number of rotatable bonds is 6. The van der Waals surface area contributed by atoms with Crippen LogP contribution in [-0.2, 0) is 19.4 Å². The van der Waals surface area contributed by atoms with Gasteiger partial charge in [-0.05, 0) is 48.2 Å². The van der Waals surface area contributed by atoms with Gasteiger partial charge in [0.05, 0.1) is 23.4 Å². The minimum Gasteiger partial charge on any atom is -0.508 e. The summed E-state index contributed by atoms with van der Waals surface area (Å²) < 4.78 is 36.7. The van der Waals surface area contributed by atoms with E-state index >= 15 is 0 Å². The first kappa shape index (κ1) is 19.3. The minimum atomic E-state index is -4.45. The Morgan fingerprint density at radius 1 is 1.15 bits per heavy atom. The van der Waals surface area contributed by atoms with Crippen LogP contribution in [0.15, 0.2) is 58.3 Å². The Bertz CT molecular complexity index is 1100. The van der Waals surface area contributed by atoms with Gasteiger partial charge < -0.3 is 10.8 Å². The summed E-state index contributed by atoms with van der Waals surface area (Å²) in [5.41, 5.74) is 8.76. The van der Waals surface area contributed by atoms with Gasteiger partial charge in [0.25, 0.3) is 10.1 Å². The first-order valence-electron chi connectivity index (χ1n) is 7.62. The maximum Gasteiger partial charge on any atom is 0.296 e. The van der Waals surface area contributed by atoms with Crippen LogP contribution in [0.1, 0.15) is 5.56 Å². The number of phenols is 1. The fraction of sp³-hybridized carbons (Fsp3) is 0.0588. The monoisotopic (exact) mass is 408 g/mol. The van der Waals surface area contributed by atoms with E-state index in [1.165, 1.54) is 12.1 Å². The molecule has 27 heavy (non-hydrogen) atoms. The summed E-state index contributed by atoms with van der Waals surface area (Å²) in [6.07, 6.45) is 0. The highest BCUT2D eigenvalue weighted by molar-refractivity contribution is 7.94. The van der Waals surface area contributed by atoms with E-state index in [0.717, 1.165) is 33.8 Å². The van der Waals surface area contributed by atoms with Crippen LogP contribution in [0.2, 0.25) is 0 Å². The van der Waals surface area contributed by atoms with E-state index in [1.807, 2.05) is 18.2 Å². The van der Waals surface area contributed by atoms with Crippen LogP contribution >= 0.6 is 12.0 Å². The Labute approximate surface area is 159 Å². The second kappa shape index (κ2) is 7.62. The molecule has 8 nitrogen and oxygen atoms in total. The number of hydrogen-bond donors (Lipinski definition) is 4. The number of nitrogens with two attached hydrogens (primary N) is 1. The van der Waals surface area contributed by atoms with Gasteiger partial charge in [0.2, 0.25) is 0 Å². The second-order valence-corrected chi connectivity index (χ2v) is 7.76. The summed E-state index contributed by atoms with van der Waals surface area (Å²) in [5.74, 6) is 0.175. The van der Waals surface area contributed by atoms with E-state index in [2.05, 4.69) is 5.48 Å². The zero-order chi connectivity index (χ0) is 19.6. The molecular formula is C17H16N2O6S2. The summed E-state index contributed by atoms with van der Waals surface area (Å²) >= 11 is 0.917. The molecule has 3 aromatic carbocycles. The maximum atomic E-state index is 11.3. The third-order valence-corrected chi connectivity index (χ3v) is 5.41. The predicted molar refractivity (Wildman–Crippen MR) is 103 cm³/mol. The summed E-state index contributed by atoms with van der Waals surface area (Å²) in [6.45, 7) is 1.80. The van der Waals surface area contributed by atoms with Gasteiger partial charge in [0.1, 0.15) is 10.6 Å². The standard InChI is InChI=1S/C17H16N2O6S2/c1-10-14(20)8-5-11-3-2-4-15(17(10)11)26-25-24-19-12-6-7-13(18)16(9-12)27(21,22)23/h2-9,19-20H,18H2,1H3,(H,21,22,23). The Balaban J connectivity index is 1.70. The van der Waals surface area contributed by atoms with Crippen molar-refractivity contribution in [3.05, 3.63) is 54.1 Å². The molecule has 3 rings (SSSR count). The lowest BCUT2D eigenvalue weighted by Gasteiger charge is -2.10. The molecule has 10 heteroatoms. The first-order valence-corrected chi connectivity index (χ1v) is 9.80. The third-order valence-electron chi connectivity index (χ3n) is 3.85. The number of benzene rings is 3. The number of hydrogen-bond acceptors (Lipinski definition) is 8. The molecule has 0 bridgehead atoms. The lowest BCUT2D eigenvalue weighted by atomic mass is 10.0. The molecule has 5 N–H and O–H groups in total. The Kier molecular flexibility index (Phi) is 5.44. The summed E-state index contributed by atoms with van der Waals surface area (Å²) in [6, 6.07) is 12.9. The van der Waals surface area contributed by atoms with E-state index < -0.39 is 15.0 Å². The average Bonchev–Trinajstić information content (AvgIpc) is 2.62. The van der Waals surface area contributed by atoms with Gasteiger partial charge in [0.15, 0.2) is 0 Å². The van der Waals surface area contributed by atoms with Crippen LogP contribution in [0.25, 0.3) is 10.8 Å². The van der Waals surface area contributed by atoms with Crippen LogP contribution in [0.3, 0.4) is 0 Å².